The van der Waals surface area contributed by atoms with Crippen molar-refractivity contribution in [1.29, 1.82) is 0 Å². The molecule has 1 saturated heterocycles. The summed E-state index contributed by atoms with van der Waals surface area (Å²) in [4.78, 5) is 14.6. The van der Waals surface area contributed by atoms with Crippen LogP contribution in [0.3, 0.4) is 0 Å². The van der Waals surface area contributed by atoms with Gasteiger partial charge in [0.15, 0.2) is 5.17 Å². The first kappa shape index (κ1) is 20.9. The van der Waals surface area contributed by atoms with Gasteiger partial charge in [-0.25, -0.2) is 5.43 Å². The van der Waals surface area contributed by atoms with Crippen molar-refractivity contribution in [2.45, 2.75) is 45.4 Å². The van der Waals surface area contributed by atoms with Gasteiger partial charge < -0.3 is 15.2 Å². The van der Waals surface area contributed by atoms with Gasteiger partial charge in [0.25, 0.3) is 0 Å². The fourth-order valence-electron chi connectivity index (χ4n) is 4.54. The van der Waals surface area contributed by atoms with Crippen LogP contribution in [0.2, 0.25) is 0 Å². The fraction of sp³-hybridized carbons (Fsp3) is 0.333. The van der Waals surface area contributed by atoms with Gasteiger partial charge in [-0.2, -0.15) is 5.10 Å². The first-order valence-corrected chi connectivity index (χ1v) is 11.9. The molecule has 166 valence electrons. The van der Waals surface area contributed by atoms with Gasteiger partial charge in [0.05, 0.1) is 17.8 Å². The summed E-state index contributed by atoms with van der Waals surface area (Å²) in [6.07, 6.45) is 5.13. The van der Waals surface area contributed by atoms with E-state index in [0.717, 1.165) is 22.8 Å². The second-order valence-electron chi connectivity index (χ2n) is 8.63. The number of amides is 1. The van der Waals surface area contributed by atoms with E-state index < -0.39 is 0 Å². The molecule has 0 saturated carbocycles. The average Bonchev–Trinajstić information content (AvgIpc) is 3.37. The third-order valence-electron chi connectivity index (χ3n) is 6.15. The fourth-order valence-corrected chi connectivity index (χ4v) is 5.31. The molecule has 32 heavy (non-hydrogen) atoms. The maximum Gasteiger partial charge on any atom is 0.234 e. The van der Waals surface area contributed by atoms with Crippen LogP contribution in [0.1, 0.15) is 34.7 Å². The number of nitrogens with zero attached hydrogens (tertiary/aromatic N) is 3. The number of anilines is 1. The minimum atomic E-state index is -0.0353. The number of hydrazone groups is 1. The Kier molecular flexibility index (Phi) is 5.57. The quantitative estimate of drug-likeness (QED) is 0.664. The summed E-state index contributed by atoms with van der Waals surface area (Å²) < 4.78 is 0. The Morgan fingerprint density at radius 3 is 2.84 bits per heavy atom. The minimum Gasteiger partial charge on any atom is -0.325 e. The Hall–Kier alpha value is -2.97. The zero-order valence-electron chi connectivity index (χ0n) is 18.5. The lowest BCUT2D eigenvalue weighted by atomic mass is 9.95. The number of nitrogens with one attached hydrogen (secondary N) is 3. The molecule has 3 aliphatic rings. The monoisotopic (exact) mass is 448 g/mol. The largest absolute Gasteiger partial charge is 0.325 e. The molecule has 7 nitrogen and oxygen atoms in total. The SMILES string of the molecule is Cc1cccc(NC(=O)CSC2=NNC3C4CC(c5cc(C)ccc5C)NN4C=CN23)c1. The molecular weight excluding hydrogens is 420 g/mol. The van der Waals surface area contributed by atoms with Crippen LogP contribution in [0.25, 0.3) is 0 Å². The van der Waals surface area contributed by atoms with Crippen LogP contribution in [-0.2, 0) is 4.79 Å². The summed E-state index contributed by atoms with van der Waals surface area (Å²) in [5, 5.41) is 10.5. The second kappa shape index (κ2) is 8.52. The molecule has 0 aliphatic carbocycles. The molecule has 3 unspecified atom stereocenters. The van der Waals surface area contributed by atoms with Crippen LogP contribution in [0.15, 0.2) is 60.0 Å². The highest BCUT2D eigenvalue weighted by molar-refractivity contribution is 8.14. The van der Waals surface area contributed by atoms with E-state index in [1.54, 1.807) is 0 Å². The smallest absolute Gasteiger partial charge is 0.234 e. The zero-order chi connectivity index (χ0) is 22.2. The number of hydrogen-bond acceptors (Lipinski definition) is 7. The van der Waals surface area contributed by atoms with E-state index in [0.29, 0.717) is 5.75 Å². The highest BCUT2D eigenvalue weighted by Gasteiger charge is 2.44. The second-order valence-corrected chi connectivity index (χ2v) is 9.57. The molecule has 8 heteroatoms. The van der Waals surface area contributed by atoms with Crippen molar-refractivity contribution in [1.82, 2.24) is 20.8 Å². The van der Waals surface area contributed by atoms with E-state index in [4.69, 9.17) is 0 Å². The Bertz CT molecular complexity index is 1100. The molecule has 0 radical (unpaired) electrons. The van der Waals surface area contributed by atoms with Gasteiger partial charge in [-0.05, 0) is 56.0 Å². The van der Waals surface area contributed by atoms with E-state index in [-0.39, 0.29) is 24.2 Å². The predicted octanol–water partition coefficient (Wildman–Crippen LogP) is 3.59. The number of hydrogen-bond donors (Lipinski definition) is 3. The van der Waals surface area contributed by atoms with Gasteiger partial charge >= 0.3 is 0 Å². The molecular formula is C24H28N6OS. The van der Waals surface area contributed by atoms with Crippen molar-refractivity contribution in [2.75, 3.05) is 11.1 Å². The zero-order valence-corrected chi connectivity index (χ0v) is 19.3. The Labute approximate surface area is 192 Å². The number of fused-ring (bicyclic) bond motifs is 3. The van der Waals surface area contributed by atoms with Gasteiger partial charge in [-0.1, -0.05) is 47.7 Å². The van der Waals surface area contributed by atoms with Crippen LogP contribution in [0.5, 0.6) is 0 Å². The lowest BCUT2D eigenvalue weighted by Gasteiger charge is -2.36. The van der Waals surface area contributed by atoms with Crippen molar-refractivity contribution in [3.63, 3.8) is 0 Å². The number of carbonyl (C=O) groups excluding carboxylic acids is 1. The molecule has 5 rings (SSSR count). The Balaban J connectivity index is 1.20. The Morgan fingerprint density at radius 2 is 2.00 bits per heavy atom. The van der Waals surface area contributed by atoms with Crippen molar-refractivity contribution < 1.29 is 4.79 Å². The lowest BCUT2D eigenvalue weighted by molar-refractivity contribution is -0.113. The van der Waals surface area contributed by atoms with Crippen LogP contribution in [-0.4, -0.2) is 38.9 Å². The molecule has 0 aromatic heterocycles. The molecule has 3 heterocycles. The summed E-state index contributed by atoms with van der Waals surface area (Å²) in [5.41, 5.74) is 12.8. The van der Waals surface area contributed by atoms with Crippen LogP contribution in [0, 0.1) is 20.8 Å². The third kappa shape index (κ3) is 4.08. The normalized spacial score (nSPS) is 23.5. The topological polar surface area (TPSA) is 72.0 Å². The predicted molar refractivity (Wildman–Crippen MR) is 130 cm³/mol. The van der Waals surface area contributed by atoms with Crippen molar-refractivity contribution >= 4 is 28.5 Å². The molecule has 3 atom stereocenters. The summed E-state index contributed by atoms with van der Waals surface area (Å²) in [5.74, 6) is 0.273. The van der Waals surface area contributed by atoms with Gasteiger partial charge in [0, 0.05) is 18.1 Å². The van der Waals surface area contributed by atoms with Crippen LogP contribution in [0.4, 0.5) is 5.69 Å². The standard InChI is InChI=1S/C24H28N6OS/c1-15-5-4-6-18(11-15)25-22(31)14-32-24-27-26-23-21-13-20(28-30(21)10-9-29(23)24)19-12-16(2)7-8-17(19)3/h4-12,20-21,23,26,28H,13-14H2,1-3H3,(H,25,31). The number of carbonyl (C=O) groups is 1. The number of thioether (sulfide) groups is 1. The number of rotatable bonds is 4. The Morgan fingerprint density at radius 1 is 1.16 bits per heavy atom. The molecule has 3 aliphatic heterocycles. The highest BCUT2D eigenvalue weighted by Crippen LogP contribution is 2.36. The number of benzene rings is 2. The third-order valence-corrected chi connectivity index (χ3v) is 7.12. The molecule has 0 bridgehead atoms. The molecule has 2 aromatic rings. The highest BCUT2D eigenvalue weighted by atomic mass is 32.2. The van der Waals surface area contributed by atoms with E-state index in [9.17, 15) is 4.79 Å². The maximum absolute atomic E-state index is 12.4. The molecule has 3 N–H and O–H groups in total. The minimum absolute atomic E-state index is 0.0353. The molecule has 1 amide bonds. The van der Waals surface area contributed by atoms with Crippen LogP contribution >= 0.6 is 11.8 Å². The number of amidine groups is 1. The van der Waals surface area contributed by atoms with Gasteiger partial charge in [-0.3, -0.25) is 10.2 Å². The van der Waals surface area contributed by atoms with Crippen molar-refractivity contribution in [2.24, 2.45) is 5.10 Å². The van der Waals surface area contributed by atoms with Gasteiger partial charge in [0.1, 0.15) is 6.17 Å². The summed E-state index contributed by atoms with van der Waals surface area (Å²) in [6, 6.07) is 15.0. The first-order valence-electron chi connectivity index (χ1n) is 10.9. The number of aryl methyl sites for hydroxylation is 3. The van der Waals surface area contributed by atoms with E-state index >= 15 is 0 Å². The summed E-state index contributed by atoms with van der Waals surface area (Å²) in [7, 11) is 0. The first-order chi connectivity index (χ1) is 15.5. The molecule has 2 aromatic carbocycles. The maximum atomic E-state index is 12.4. The van der Waals surface area contributed by atoms with Gasteiger partial charge in [-0.15, -0.1) is 0 Å². The lowest BCUT2D eigenvalue weighted by Crippen LogP contribution is -2.54. The summed E-state index contributed by atoms with van der Waals surface area (Å²) in [6.45, 7) is 6.32. The van der Waals surface area contributed by atoms with E-state index in [1.807, 2.05) is 37.4 Å². The average molecular weight is 449 g/mol. The van der Waals surface area contributed by atoms with Crippen molar-refractivity contribution in [3.05, 3.63) is 77.1 Å². The van der Waals surface area contributed by atoms with Crippen molar-refractivity contribution in [3.8, 4) is 0 Å². The summed E-state index contributed by atoms with van der Waals surface area (Å²) >= 11 is 1.45. The van der Waals surface area contributed by atoms with Gasteiger partial charge in [0.2, 0.25) is 5.91 Å². The molecule has 1 fully saturated rings. The number of hydrazine groups is 1. The molecule has 0 spiro atoms. The van der Waals surface area contributed by atoms with E-state index in [1.165, 1.54) is 28.5 Å². The van der Waals surface area contributed by atoms with Crippen LogP contribution < -0.4 is 16.2 Å². The van der Waals surface area contributed by atoms with E-state index in [2.05, 4.69) is 69.4 Å².